The van der Waals surface area contributed by atoms with Crippen molar-refractivity contribution >= 4 is 16.8 Å². The van der Waals surface area contributed by atoms with Gasteiger partial charge in [-0.15, -0.1) is 15.0 Å². The summed E-state index contributed by atoms with van der Waals surface area (Å²) in [5.74, 6) is -1.47. The van der Waals surface area contributed by atoms with E-state index in [4.69, 9.17) is 0 Å². The van der Waals surface area contributed by atoms with Crippen LogP contribution in [0.5, 0.6) is 17.2 Å². The number of carbonyl (C=O) groups is 1. The molecule has 0 atom stereocenters. The summed E-state index contributed by atoms with van der Waals surface area (Å²) in [6.07, 6.45) is 0. The molecule has 4 rings (SSSR count). The molecule has 0 fully saturated rings. The van der Waals surface area contributed by atoms with Gasteiger partial charge in [0.25, 0.3) is 0 Å². The Morgan fingerprint density at radius 3 is 2.00 bits per heavy atom. The third kappa shape index (κ3) is 2.51. The second-order valence-corrected chi connectivity index (χ2v) is 5.68. The number of para-hydroxylation sites is 1. The molecule has 0 saturated heterocycles. The molecule has 4 aromatic rings. The van der Waals surface area contributed by atoms with Gasteiger partial charge in [-0.25, -0.2) is 0 Å². The lowest BCUT2D eigenvalue weighted by molar-refractivity contribution is 0.103. The van der Waals surface area contributed by atoms with Crippen LogP contribution in [0, 0.1) is 0 Å². The molecular weight excluding hydrogens is 334 g/mol. The van der Waals surface area contributed by atoms with Gasteiger partial charge in [0.2, 0.25) is 5.78 Å². The van der Waals surface area contributed by atoms with Gasteiger partial charge in [-0.05, 0) is 30.3 Å². The van der Waals surface area contributed by atoms with Gasteiger partial charge in [0.15, 0.2) is 0 Å². The molecule has 1 heterocycles. The van der Waals surface area contributed by atoms with Crippen molar-refractivity contribution in [3.8, 4) is 22.9 Å². The number of phenolic OH excluding ortho intramolecular Hbond substituents is 3. The Hall–Kier alpha value is -3.87. The van der Waals surface area contributed by atoms with Crippen LogP contribution in [0.4, 0.5) is 0 Å². The van der Waals surface area contributed by atoms with Crippen molar-refractivity contribution in [3.63, 3.8) is 0 Å². The number of ketones is 1. The second kappa shape index (κ2) is 5.89. The largest absolute Gasteiger partial charge is 0.507 e. The minimum atomic E-state index is -0.585. The molecular formula is C19H13N3O4. The number of nitrogens with zero attached hydrogens (tertiary/aromatic N) is 3. The van der Waals surface area contributed by atoms with E-state index in [9.17, 15) is 20.1 Å². The summed E-state index contributed by atoms with van der Waals surface area (Å²) >= 11 is 0. The summed E-state index contributed by atoms with van der Waals surface area (Å²) in [6, 6.07) is 15.5. The minimum Gasteiger partial charge on any atom is -0.507 e. The molecule has 3 aromatic carbocycles. The van der Waals surface area contributed by atoms with Crippen molar-refractivity contribution in [3.05, 3.63) is 71.8 Å². The van der Waals surface area contributed by atoms with Crippen molar-refractivity contribution in [1.29, 1.82) is 0 Å². The maximum absolute atomic E-state index is 12.7. The molecule has 0 saturated carbocycles. The van der Waals surface area contributed by atoms with Crippen LogP contribution in [0.3, 0.4) is 0 Å². The standard InChI is InChI=1S/C19H13N3O4/c23-16-8-4-1-5-11(16)19(26)12-9-15(18(25)10-17(12)24)22-20-13-6-2-3-7-14(13)21-22/h1-10,23-25H. The number of hydrogen-bond acceptors (Lipinski definition) is 6. The zero-order valence-electron chi connectivity index (χ0n) is 13.4. The zero-order chi connectivity index (χ0) is 18.3. The number of rotatable bonds is 3. The van der Waals surface area contributed by atoms with Gasteiger partial charge in [0.1, 0.15) is 34.0 Å². The van der Waals surface area contributed by atoms with Gasteiger partial charge in [0, 0.05) is 6.07 Å². The van der Waals surface area contributed by atoms with Gasteiger partial charge in [-0.3, -0.25) is 4.79 Å². The predicted molar refractivity (Wildman–Crippen MR) is 93.7 cm³/mol. The van der Waals surface area contributed by atoms with E-state index in [-0.39, 0.29) is 28.3 Å². The normalized spacial score (nSPS) is 10.9. The Morgan fingerprint density at radius 1 is 0.731 bits per heavy atom. The van der Waals surface area contributed by atoms with Gasteiger partial charge in [-0.1, -0.05) is 24.3 Å². The summed E-state index contributed by atoms with van der Waals surface area (Å²) < 4.78 is 0. The topological polar surface area (TPSA) is 108 Å². The van der Waals surface area contributed by atoms with E-state index < -0.39 is 11.5 Å². The van der Waals surface area contributed by atoms with Crippen LogP contribution in [0.25, 0.3) is 16.7 Å². The molecule has 0 unspecified atom stereocenters. The molecule has 3 N–H and O–H groups in total. The highest BCUT2D eigenvalue weighted by Gasteiger charge is 2.21. The monoisotopic (exact) mass is 347 g/mol. The van der Waals surface area contributed by atoms with Crippen LogP contribution in [0.1, 0.15) is 15.9 Å². The van der Waals surface area contributed by atoms with Crippen LogP contribution in [0.15, 0.2) is 60.7 Å². The lowest BCUT2D eigenvalue weighted by Crippen LogP contribution is -2.06. The number of aromatic hydroxyl groups is 3. The van der Waals surface area contributed by atoms with Crippen LogP contribution in [-0.2, 0) is 0 Å². The fourth-order valence-corrected chi connectivity index (χ4v) is 2.69. The predicted octanol–water partition coefficient (Wildman–Crippen LogP) is 2.77. The minimum absolute atomic E-state index is 0.0398. The molecule has 0 bridgehead atoms. The van der Waals surface area contributed by atoms with E-state index in [0.717, 1.165) is 6.07 Å². The first-order chi connectivity index (χ1) is 12.5. The SMILES string of the molecule is O=C(c1ccccc1O)c1cc(-n2nc3ccccc3n2)c(O)cc1O. The molecule has 1 aromatic heterocycles. The molecule has 0 radical (unpaired) electrons. The summed E-state index contributed by atoms with van der Waals surface area (Å²) in [5, 5.41) is 38.7. The van der Waals surface area contributed by atoms with Gasteiger partial charge in [-0.2, -0.15) is 0 Å². The quantitative estimate of drug-likeness (QED) is 0.492. The highest BCUT2D eigenvalue weighted by molar-refractivity contribution is 6.12. The Kier molecular flexibility index (Phi) is 3.54. The summed E-state index contributed by atoms with van der Waals surface area (Å²) in [4.78, 5) is 13.9. The maximum Gasteiger partial charge on any atom is 0.200 e. The first kappa shape index (κ1) is 15.6. The number of fused-ring (bicyclic) bond motifs is 1. The average molecular weight is 347 g/mol. The molecule has 0 aliphatic carbocycles. The maximum atomic E-state index is 12.7. The molecule has 128 valence electrons. The number of aromatic nitrogens is 3. The summed E-state index contributed by atoms with van der Waals surface area (Å²) in [5.41, 5.74) is 1.33. The van der Waals surface area contributed by atoms with E-state index in [1.165, 1.54) is 23.0 Å². The zero-order valence-corrected chi connectivity index (χ0v) is 13.4. The van der Waals surface area contributed by atoms with Crippen LogP contribution in [-0.4, -0.2) is 36.1 Å². The van der Waals surface area contributed by atoms with Crippen LogP contribution >= 0.6 is 0 Å². The molecule has 0 aliphatic heterocycles. The molecule has 0 amide bonds. The first-order valence-corrected chi connectivity index (χ1v) is 7.76. The van der Waals surface area contributed by atoms with Crippen LogP contribution < -0.4 is 0 Å². The Labute approximate surface area is 147 Å². The molecule has 26 heavy (non-hydrogen) atoms. The summed E-state index contributed by atoms with van der Waals surface area (Å²) in [7, 11) is 0. The van der Waals surface area contributed by atoms with Gasteiger partial charge in [0.05, 0.1) is 11.1 Å². The molecule has 0 spiro atoms. The van der Waals surface area contributed by atoms with E-state index in [0.29, 0.717) is 11.0 Å². The van der Waals surface area contributed by atoms with Gasteiger partial charge >= 0.3 is 0 Å². The fraction of sp³-hybridized carbons (Fsp3) is 0. The number of phenols is 3. The smallest absolute Gasteiger partial charge is 0.200 e. The van der Waals surface area contributed by atoms with E-state index in [1.54, 1.807) is 24.3 Å². The molecule has 0 aliphatic rings. The van der Waals surface area contributed by atoms with Crippen molar-refractivity contribution in [1.82, 2.24) is 15.0 Å². The Morgan fingerprint density at radius 2 is 1.35 bits per heavy atom. The second-order valence-electron chi connectivity index (χ2n) is 5.68. The lowest BCUT2D eigenvalue weighted by atomic mass is 10.0. The van der Waals surface area contributed by atoms with Crippen molar-refractivity contribution in [2.45, 2.75) is 0 Å². The van der Waals surface area contributed by atoms with Crippen LogP contribution in [0.2, 0.25) is 0 Å². The number of benzene rings is 3. The average Bonchev–Trinajstić information content (AvgIpc) is 3.05. The Bertz CT molecular complexity index is 1120. The highest BCUT2D eigenvalue weighted by Crippen LogP contribution is 2.32. The fourth-order valence-electron chi connectivity index (χ4n) is 2.69. The molecule has 7 heteroatoms. The number of carbonyl (C=O) groups excluding carboxylic acids is 1. The van der Waals surface area contributed by atoms with Crippen molar-refractivity contribution < 1.29 is 20.1 Å². The third-order valence-electron chi connectivity index (χ3n) is 3.99. The lowest BCUT2D eigenvalue weighted by Gasteiger charge is -2.09. The van der Waals surface area contributed by atoms with E-state index >= 15 is 0 Å². The number of hydrogen-bond donors (Lipinski definition) is 3. The van der Waals surface area contributed by atoms with Crippen molar-refractivity contribution in [2.75, 3.05) is 0 Å². The van der Waals surface area contributed by atoms with E-state index in [2.05, 4.69) is 10.2 Å². The Balaban J connectivity index is 1.86. The summed E-state index contributed by atoms with van der Waals surface area (Å²) in [6.45, 7) is 0. The highest BCUT2D eigenvalue weighted by atomic mass is 16.3. The molecule has 7 nitrogen and oxygen atoms in total. The van der Waals surface area contributed by atoms with Crippen molar-refractivity contribution in [2.24, 2.45) is 0 Å². The van der Waals surface area contributed by atoms with E-state index in [1.807, 2.05) is 12.1 Å². The van der Waals surface area contributed by atoms with Gasteiger partial charge < -0.3 is 15.3 Å². The first-order valence-electron chi connectivity index (χ1n) is 7.76. The third-order valence-corrected chi connectivity index (χ3v) is 3.99.